The molecule has 3 heteroatoms. The van der Waals surface area contributed by atoms with Crippen LogP contribution in [0.15, 0.2) is 22.7 Å². The van der Waals surface area contributed by atoms with E-state index in [1.807, 2.05) is 12.1 Å². The van der Waals surface area contributed by atoms with Crippen molar-refractivity contribution in [2.24, 2.45) is 0 Å². The molecule has 0 atom stereocenters. The van der Waals surface area contributed by atoms with Crippen LogP contribution in [-0.4, -0.2) is 18.5 Å². The smallest absolute Gasteiger partial charge is 0.137 e. The van der Waals surface area contributed by atoms with E-state index in [1.54, 1.807) is 0 Å². The van der Waals surface area contributed by atoms with Crippen molar-refractivity contribution in [2.75, 3.05) is 13.6 Å². The van der Waals surface area contributed by atoms with Gasteiger partial charge in [-0.15, -0.1) is 0 Å². The summed E-state index contributed by atoms with van der Waals surface area (Å²) in [5.74, 6) is -0.202. The standard InChI is InChI=1S/C11H15BrFN/c1-3-6-14(2)8-9-4-5-11(13)10(12)7-9/h4-5,7H,3,6,8H2,1-2H3. The Labute approximate surface area is 93.0 Å². The van der Waals surface area contributed by atoms with Gasteiger partial charge in [0.2, 0.25) is 0 Å². The lowest BCUT2D eigenvalue weighted by molar-refractivity contribution is 0.327. The Bertz CT molecular complexity index is 301. The molecular weight excluding hydrogens is 245 g/mol. The number of benzene rings is 1. The first-order valence-electron chi connectivity index (χ1n) is 4.76. The molecule has 1 rings (SSSR count). The first kappa shape index (κ1) is 11.7. The van der Waals surface area contributed by atoms with Crippen LogP contribution in [-0.2, 0) is 6.54 Å². The summed E-state index contributed by atoms with van der Waals surface area (Å²) in [5, 5.41) is 0. The second-order valence-electron chi connectivity index (χ2n) is 3.49. The Balaban J connectivity index is 2.63. The number of hydrogen-bond donors (Lipinski definition) is 0. The molecule has 0 saturated heterocycles. The molecule has 78 valence electrons. The zero-order valence-electron chi connectivity index (χ0n) is 8.56. The van der Waals surface area contributed by atoms with Gasteiger partial charge in [0.05, 0.1) is 4.47 Å². The molecule has 0 bridgehead atoms. The first-order chi connectivity index (χ1) is 6.63. The molecule has 0 radical (unpaired) electrons. The van der Waals surface area contributed by atoms with Gasteiger partial charge in [-0.05, 0) is 53.6 Å². The van der Waals surface area contributed by atoms with Crippen molar-refractivity contribution in [1.29, 1.82) is 0 Å². The van der Waals surface area contributed by atoms with E-state index >= 15 is 0 Å². The van der Waals surface area contributed by atoms with Crippen LogP contribution < -0.4 is 0 Å². The molecule has 0 heterocycles. The summed E-state index contributed by atoms with van der Waals surface area (Å²) >= 11 is 3.18. The maximum atomic E-state index is 12.9. The maximum absolute atomic E-state index is 12.9. The third-order valence-corrected chi connectivity index (χ3v) is 2.65. The third-order valence-electron chi connectivity index (χ3n) is 2.04. The highest BCUT2D eigenvalue weighted by Crippen LogP contribution is 2.17. The average Bonchev–Trinajstić information content (AvgIpc) is 2.12. The molecule has 0 aliphatic heterocycles. The van der Waals surface area contributed by atoms with Crippen molar-refractivity contribution < 1.29 is 4.39 Å². The largest absolute Gasteiger partial charge is 0.302 e. The Morgan fingerprint density at radius 2 is 2.14 bits per heavy atom. The quantitative estimate of drug-likeness (QED) is 0.801. The molecule has 14 heavy (non-hydrogen) atoms. The van der Waals surface area contributed by atoms with Crippen LogP contribution >= 0.6 is 15.9 Å². The van der Waals surface area contributed by atoms with Gasteiger partial charge in [-0.1, -0.05) is 13.0 Å². The molecule has 0 aliphatic rings. The number of rotatable bonds is 4. The van der Waals surface area contributed by atoms with E-state index < -0.39 is 0 Å². The molecule has 0 aromatic heterocycles. The van der Waals surface area contributed by atoms with E-state index in [-0.39, 0.29) is 5.82 Å². The molecule has 0 aliphatic carbocycles. The third kappa shape index (κ3) is 3.39. The topological polar surface area (TPSA) is 3.24 Å². The summed E-state index contributed by atoms with van der Waals surface area (Å²) in [7, 11) is 2.07. The zero-order valence-corrected chi connectivity index (χ0v) is 10.1. The van der Waals surface area contributed by atoms with Crippen molar-refractivity contribution in [1.82, 2.24) is 4.90 Å². The fraction of sp³-hybridized carbons (Fsp3) is 0.455. The summed E-state index contributed by atoms with van der Waals surface area (Å²) < 4.78 is 13.5. The number of halogens is 2. The van der Waals surface area contributed by atoms with Gasteiger partial charge < -0.3 is 4.90 Å². The predicted molar refractivity (Wildman–Crippen MR) is 60.7 cm³/mol. The molecule has 1 aromatic carbocycles. The summed E-state index contributed by atoms with van der Waals surface area (Å²) in [4.78, 5) is 2.22. The normalized spacial score (nSPS) is 10.9. The molecule has 0 spiro atoms. The van der Waals surface area contributed by atoms with Crippen LogP contribution in [0.2, 0.25) is 0 Å². The van der Waals surface area contributed by atoms with Crippen molar-refractivity contribution >= 4 is 15.9 Å². The highest BCUT2D eigenvalue weighted by atomic mass is 79.9. The number of nitrogens with zero attached hydrogens (tertiary/aromatic N) is 1. The van der Waals surface area contributed by atoms with Crippen molar-refractivity contribution in [3.05, 3.63) is 34.1 Å². The molecule has 0 saturated carbocycles. The second kappa shape index (κ2) is 5.47. The van der Waals surface area contributed by atoms with E-state index in [4.69, 9.17) is 0 Å². The lowest BCUT2D eigenvalue weighted by Crippen LogP contribution is -2.18. The van der Waals surface area contributed by atoms with Crippen LogP contribution in [0.25, 0.3) is 0 Å². The van der Waals surface area contributed by atoms with Crippen molar-refractivity contribution in [3.63, 3.8) is 0 Å². The maximum Gasteiger partial charge on any atom is 0.137 e. The Hall–Kier alpha value is -0.410. The molecule has 1 aromatic rings. The fourth-order valence-electron chi connectivity index (χ4n) is 1.41. The van der Waals surface area contributed by atoms with Gasteiger partial charge in [-0.3, -0.25) is 0 Å². The lowest BCUT2D eigenvalue weighted by Gasteiger charge is -2.15. The van der Waals surface area contributed by atoms with E-state index in [2.05, 4.69) is 34.8 Å². The van der Waals surface area contributed by atoms with Crippen LogP contribution in [0.1, 0.15) is 18.9 Å². The monoisotopic (exact) mass is 259 g/mol. The van der Waals surface area contributed by atoms with Crippen LogP contribution in [0.4, 0.5) is 4.39 Å². The Morgan fingerprint density at radius 3 is 2.71 bits per heavy atom. The first-order valence-corrected chi connectivity index (χ1v) is 5.55. The Morgan fingerprint density at radius 1 is 1.43 bits per heavy atom. The minimum absolute atomic E-state index is 0.202. The molecule has 1 nitrogen and oxygen atoms in total. The van der Waals surface area contributed by atoms with Gasteiger partial charge in [0, 0.05) is 6.54 Å². The van der Waals surface area contributed by atoms with Gasteiger partial charge in [0.1, 0.15) is 5.82 Å². The molecule has 0 fully saturated rings. The van der Waals surface area contributed by atoms with Gasteiger partial charge in [-0.25, -0.2) is 4.39 Å². The predicted octanol–water partition coefficient (Wildman–Crippen LogP) is 3.43. The average molecular weight is 260 g/mol. The number of hydrogen-bond acceptors (Lipinski definition) is 1. The van der Waals surface area contributed by atoms with E-state index in [1.165, 1.54) is 6.07 Å². The minimum atomic E-state index is -0.202. The van der Waals surface area contributed by atoms with Crippen LogP contribution in [0.5, 0.6) is 0 Å². The SMILES string of the molecule is CCCN(C)Cc1ccc(F)c(Br)c1. The molecule has 0 unspecified atom stereocenters. The van der Waals surface area contributed by atoms with Crippen molar-refractivity contribution in [3.8, 4) is 0 Å². The highest BCUT2D eigenvalue weighted by Gasteiger charge is 2.02. The zero-order chi connectivity index (χ0) is 10.6. The summed E-state index contributed by atoms with van der Waals surface area (Å²) in [6, 6.07) is 5.16. The summed E-state index contributed by atoms with van der Waals surface area (Å²) in [6.45, 7) is 4.08. The highest BCUT2D eigenvalue weighted by molar-refractivity contribution is 9.10. The molecular formula is C11H15BrFN. The molecule has 0 N–H and O–H groups in total. The van der Waals surface area contributed by atoms with Gasteiger partial charge in [-0.2, -0.15) is 0 Å². The van der Waals surface area contributed by atoms with Crippen LogP contribution in [0, 0.1) is 5.82 Å². The van der Waals surface area contributed by atoms with Crippen LogP contribution in [0.3, 0.4) is 0 Å². The lowest BCUT2D eigenvalue weighted by atomic mass is 10.2. The van der Waals surface area contributed by atoms with Gasteiger partial charge in [0.15, 0.2) is 0 Å². The molecule has 0 amide bonds. The van der Waals surface area contributed by atoms with Gasteiger partial charge in [0.25, 0.3) is 0 Å². The summed E-state index contributed by atoms with van der Waals surface area (Å²) in [6.07, 6.45) is 1.14. The van der Waals surface area contributed by atoms with Crippen molar-refractivity contribution in [2.45, 2.75) is 19.9 Å². The van der Waals surface area contributed by atoms with E-state index in [0.29, 0.717) is 4.47 Å². The fourth-order valence-corrected chi connectivity index (χ4v) is 1.84. The van der Waals surface area contributed by atoms with Gasteiger partial charge >= 0.3 is 0 Å². The van der Waals surface area contributed by atoms with E-state index in [0.717, 1.165) is 25.1 Å². The van der Waals surface area contributed by atoms with E-state index in [9.17, 15) is 4.39 Å². The minimum Gasteiger partial charge on any atom is -0.302 e. The Kier molecular flexibility index (Phi) is 4.55. The second-order valence-corrected chi connectivity index (χ2v) is 4.34. The summed E-state index contributed by atoms with van der Waals surface area (Å²) in [5.41, 5.74) is 1.13.